The number of carbonyl (C=O) groups is 1. The molecule has 2 saturated heterocycles. The number of rotatable bonds is 5. The SMILES string of the molecule is CC.CC(C)C(=O)CN1CCN(CC2CCN(C)C(C)(C)C2)CC1. The molecule has 0 bridgehead atoms. The second-order valence-corrected chi connectivity index (χ2v) is 8.29. The van der Waals surface area contributed by atoms with E-state index in [2.05, 4.69) is 35.6 Å². The summed E-state index contributed by atoms with van der Waals surface area (Å²) in [6, 6.07) is 0. The Morgan fingerprint density at radius 3 is 2.08 bits per heavy atom. The molecule has 2 aliphatic rings. The average Bonchev–Trinajstić information content (AvgIpc) is 2.54. The summed E-state index contributed by atoms with van der Waals surface area (Å²) in [6.07, 6.45) is 2.63. The zero-order valence-electron chi connectivity index (χ0n) is 17.3. The molecule has 0 N–H and O–H groups in total. The summed E-state index contributed by atoms with van der Waals surface area (Å²) >= 11 is 0. The van der Waals surface area contributed by atoms with Crippen molar-refractivity contribution in [3.8, 4) is 0 Å². The van der Waals surface area contributed by atoms with E-state index in [1.807, 2.05) is 27.7 Å². The minimum atomic E-state index is 0.166. The lowest BCUT2D eigenvalue weighted by Crippen LogP contribution is -2.52. The summed E-state index contributed by atoms with van der Waals surface area (Å²) in [5.41, 5.74) is 0.342. The van der Waals surface area contributed by atoms with E-state index in [0.717, 1.165) is 32.1 Å². The first-order valence-corrected chi connectivity index (χ1v) is 9.96. The number of hydrogen-bond donors (Lipinski definition) is 0. The van der Waals surface area contributed by atoms with Gasteiger partial charge in [0.05, 0.1) is 6.54 Å². The summed E-state index contributed by atoms with van der Waals surface area (Å²) in [4.78, 5) is 19.3. The van der Waals surface area contributed by atoms with Crippen molar-refractivity contribution >= 4 is 5.78 Å². The van der Waals surface area contributed by atoms with Gasteiger partial charge >= 0.3 is 0 Å². The third-order valence-electron chi connectivity index (χ3n) is 5.70. The summed E-state index contributed by atoms with van der Waals surface area (Å²) in [5, 5.41) is 0. The predicted molar refractivity (Wildman–Crippen MR) is 104 cm³/mol. The Kier molecular flexibility index (Phi) is 8.89. The van der Waals surface area contributed by atoms with E-state index in [1.165, 1.54) is 25.9 Å². The third kappa shape index (κ3) is 6.45. The van der Waals surface area contributed by atoms with Crippen molar-refractivity contribution < 1.29 is 4.79 Å². The fourth-order valence-electron chi connectivity index (χ4n) is 3.70. The van der Waals surface area contributed by atoms with Crippen LogP contribution in [0.3, 0.4) is 0 Å². The molecule has 0 aromatic rings. The lowest BCUT2D eigenvalue weighted by molar-refractivity contribution is -0.123. The Morgan fingerprint density at radius 2 is 1.58 bits per heavy atom. The van der Waals surface area contributed by atoms with Crippen LogP contribution in [0.4, 0.5) is 0 Å². The van der Waals surface area contributed by atoms with Crippen LogP contribution in [0.2, 0.25) is 0 Å². The highest BCUT2D eigenvalue weighted by atomic mass is 16.1. The molecular formula is C20H41N3O. The zero-order chi connectivity index (χ0) is 18.3. The van der Waals surface area contributed by atoms with Crippen LogP contribution in [0.25, 0.3) is 0 Å². The first-order valence-electron chi connectivity index (χ1n) is 9.96. The van der Waals surface area contributed by atoms with Crippen LogP contribution in [0.15, 0.2) is 0 Å². The van der Waals surface area contributed by atoms with Crippen molar-refractivity contribution in [1.82, 2.24) is 14.7 Å². The Balaban J connectivity index is 0.00000139. The van der Waals surface area contributed by atoms with Gasteiger partial charge in [-0.15, -0.1) is 0 Å². The number of hydrogen-bond acceptors (Lipinski definition) is 4. The summed E-state index contributed by atoms with van der Waals surface area (Å²) in [5.74, 6) is 1.38. The van der Waals surface area contributed by atoms with Crippen molar-refractivity contribution in [3.05, 3.63) is 0 Å². The Bertz CT molecular complexity index is 373. The lowest BCUT2D eigenvalue weighted by atomic mass is 9.83. The predicted octanol–water partition coefficient (Wildman–Crippen LogP) is 2.98. The standard InChI is InChI=1S/C18H35N3O.C2H6/c1-15(2)17(22)14-21-10-8-20(9-11-21)13-16-6-7-19(5)18(3,4)12-16;1-2/h15-16H,6-14H2,1-5H3;1-2H3. The minimum absolute atomic E-state index is 0.166. The summed E-state index contributed by atoms with van der Waals surface area (Å²) in [7, 11) is 2.25. The van der Waals surface area contributed by atoms with Gasteiger partial charge in [0.25, 0.3) is 0 Å². The van der Waals surface area contributed by atoms with Crippen LogP contribution in [0, 0.1) is 11.8 Å². The van der Waals surface area contributed by atoms with Gasteiger partial charge in [0.15, 0.2) is 0 Å². The van der Waals surface area contributed by atoms with E-state index in [9.17, 15) is 4.79 Å². The van der Waals surface area contributed by atoms with Gasteiger partial charge in [-0.1, -0.05) is 27.7 Å². The van der Waals surface area contributed by atoms with Crippen LogP contribution >= 0.6 is 0 Å². The van der Waals surface area contributed by atoms with Gasteiger partial charge in [0.2, 0.25) is 0 Å². The second-order valence-electron chi connectivity index (χ2n) is 8.29. The van der Waals surface area contributed by atoms with Gasteiger partial charge < -0.3 is 9.80 Å². The number of likely N-dealkylation sites (tertiary alicyclic amines) is 1. The zero-order valence-corrected chi connectivity index (χ0v) is 17.3. The quantitative estimate of drug-likeness (QED) is 0.769. The number of ketones is 1. The van der Waals surface area contributed by atoms with Crippen molar-refractivity contribution in [2.75, 3.05) is 52.9 Å². The molecule has 2 rings (SSSR count). The molecule has 2 heterocycles. The molecule has 1 unspecified atom stereocenters. The highest BCUT2D eigenvalue weighted by Crippen LogP contribution is 2.30. The van der Waals surface area contributed by atoms with Gasteiger partial charge in [0, 0.05) is 44.2 Å². The maximum atomic E-state index is 11.9. The molecular weight excluding hydrogens is 298 g/mol. The first-order chi connectivity index (χ1) is 11.3. The molecule has 0 radical (unpaired) electrons. The Labute approximate surface area is 150 Å². The normalized spacial score (nSPS) is 26.1. The molecule has 0 spiro atoms. The number of Topliss-reactive ketones (excluding diaryl/α,β-unsaturated/α-hetero) is 1. The monoisotopic (exact) mass is 339 g/mol. The van der Waals surface area contributed by atoms with Gasteiger partial charge in [-0.25, -0.2) is 0 Å². The molecule has 24 heavy (non-hydrogen) atoms. The largest absolute Gasteiger partial charge is 0.301 e. The molecule has 0 aromatic carbocycles. The minimum Gasteiger partial charge on any atom is -0.301 e. The van der Waals surface area contributed by atoms with E-state index in [4.69, 9.17) is 0 Å². The maximum Gasteiger partial charge on any atom is 0.149 e. The number of nitrogens with zero attached hydrogens (tertiary/aromatic N) is 3. The maximum absolute atomic E-state index is 11.9. The molecule has 4 heteroatoms. The van der Waals surface area contributed by atoms with Crippen LogP contribution in [-0.2, 0) is 4.79 Å². The van der Waals surface area contributed by atoms with E-state index in [-0.39, 0.29) is 5.92 Å². The molecule has 0 aromatic heterocycles. The molecule has 2 aliphatic heterocycles. The van der Waals surface area contributed by atoms with E-state index < -0.39 is 0 Å². The third-order valence-corrected chi connectivity index (χ3v) is 5.70. The molecule has 4 nitrogen and oxygen atoms in total. The summed E-state index contributed by atoms with van der Waals surface area (Å²) < 4.78 is 0. The fourth-order valence-corrected chi connectivity index (χ4v) is 3.70. The first kappa shape index (κ1) is 21.6. The number of piperidine rings is 1. The van der Waals surface area contributed by atoms with Crippen LogP contribution in [0.1, 0.15) is 54.4 Å². The average molecular weight is 340 g/mol. The molecule has 2 fully saturated rings. The Hall–Kier alpha value is -0.450. The van der Waals surface area contributed by atoms with E-state index in [1.54, 1.807) is 0 Å². The van der Waals surface area contributed by atoms with Gasteiger partial charge in [-0.2, -0.15) is 0 Å². The summed E-state index contributed by atoms with van der Waals surface area (Å²) in [6.45, 7) is 20.2. The van der Waals surface area contributed by atoms with Crippen LogP contribution in [0.5, 0.6) is 0 Å². The molecule has 0 saturated carbocycles. The smallest absolute Gasteiger partial charge is 0.149 e. The lowest BCUT2D eigenvalue weighted by Gasteiger charge is -2.45. The van der Waals surface area contributed by atoms with Crippen molar-refractivity contribution in [2.45, 2.75) is 59.9 Å². The second kappa shape index (κ2) is 9.88. The number of piperazine rings is 1. The molecule has 142 valence electrons. The fraction of sp³-hybridized carbons (Fsp3) is 0.950. The van der Waals surface area contributed by atoms with E-state index >= 15 is 0 Å². The van der Waals surface area contributed by atoms with Gasteiger partial charge in [-0.3, -0.25) is 9.69 Å². The van der Waals surface area contributed by atoms with Gasteiger partial charge in [0.1, 0.15) is 5.78 Å². The molecule has 0 amide bonds. The highest BCUT2D eigenvalue weighted by molar-refractivity contribution is 5.82. The van der Waals surface area contributed by atoms with Crippen LogP contribution < -0.4 is 0 Å². The van der Waals surface area contributed by atoms with E-state index in [0.29, 0.717) is 17.9 Å². The van der Waals surface area contributed by atoms with Crippen molar-refractivity contribution in [2.24, 2.45) is 11.8 Å². The highest BCUT2D eigenvalue weighted by Gasteiger charge is 2.33. The van der Waals surface area contributed by atoms with Crippen molar-refractivity contribution in [3.63, 3.8) is 0 Å². The van der Waals surface area contributed by atoms with Crippen molar-refractivity contribution in [1.29, 1.82) is 0 Å². The molecule has 0 aliphatic carbocycles. The topological polar surface area (TPSA) is 26.8 Å². The van der Waals surface area contributed by atoms with Gasteiger partial charge in [-0.05, 0) is 46.2 Å². The molecule has 1 atom stereocenters. The van der Waals surface area contributed by atoms with Crippen LogP contribution in [-0.4, -0.2) is 78.9 Å². The number of carbonyl (C=O) groups excluding carboxylic acids is 1. The Morgan fingerprint density at radius 1 is 1.04 bits per heavy atom.